The number of fused-ring (bicyclic) bond motifs is 1. The van der Waals surface area contributed by atoms with Gasteiger partial charge in [0, 0.05) is 30.8 Å². The summed E-state index contributed by atoms with van der Waals surface area (Å²) >= 11 is 0. The number of aromatic nitrogens is 2. The summed E-state index contributed by atoms with van der Waals surface area (Å²) in [7, 11) is -3.11. The largest absolute Gasteiger partial charge is 0.303 e. The van der Waals surface area contributed by atoms with Gasteiger partial charge in [-0.25, -0.2) is 17.7 Å². The quantitative estimate of drug-likeness (QED) is 0.710. The first kappa shape index (κ1) is 17.2. The average Bonchev–Trinajstić information content (AvgIpc) is 3.01. The van der Waals surface area contributed by atoms with Crippen molar-refractivity contribution in [2.75, 3.05) is 19.3 Å². The third kappa shape index (κ3) is 3.15. The second-order valence-electron chi connectivity index (χ2n) is 7.08. The molecule has 0 bridgehead atoms. The summed E-state index contributed by atoms with van der Waals surface area (Å²) < 4.78 is 27.3. The molecule has 3 heterocycles. The number of imidazole rings is 1. The van der Waals surface area contributed by atoms with Crippen LogP contribution in [0.1, 0.15) is 30.1 Å². The Kier molecular flexibility index (Phi) is 4.32. The van der Waals surface area contributed by atoms with Crippen LogP contribution in [0.3, 0.4) is 0 Å². The maximum Gasteiger partial charge on any atom is 0.211 e. The standard InChI is InChI=1S/C20H23N3O2S/c1-15-6-5-7-17(14-15)19-18-8-3-4-11-23(18)20(21-19)16-9-12-22(13-10-16)26(2,24)25/h3-8,11,14,16H,9-10,12-13H2,1-2H3. The van der Waals surface area contributed by atoms with Crippen LogP contribution in [-0.2, 0) is 10.0 Å². The molecule has 5 nitrogen and oxygen atoms in total. The number of hydrogen-bond donors (Lipinski definition) is 0. The minimum Gasteiger partial charge on any atom is -0.303 e. The van der Waals surface area contributed by atoms with E-state index in [2.05, 4.69) is 47.9 Å². The van der Waals surface area contributed by atoms with E-state index in [1.54, 1.807) is 4.31 Å². The highest BCUT2D eigenvalue weighted by molar-refractivity contribution is 7.88. The van der Waals surface area contributed by atoms with Crippen molar-refractivity contribution in [3.05, 3.63) is 60.0 Å². The molecule has 6 heteroatoms. The van der Waals surface area contributed by atoms with Crippen LogP contribution in [0.25, 0.3) is 16.8 Å². The number of hydrogen-bond acceptors (Lipinski definition) is 3. The minimum absolute atomic E-state index is 0.265. The van der Waals surface area contributed by atoms with Gasteiger partial charge in [-0.15, -0.1) is 0 Å². The Morgan fingerprint density at radius 1 is 1.08 bits per heavy atom. The molecule has 136 valence electrons. The monoisotopic (exact) mass is 369 g/mol. The number of benzene rings is 1. The molecule has 0 spiro atoms. The van der Waals surface area contributed by atoms with E-state index in [1.165, 1.54) is 11.8 Å². The predicted octanol–water partition coefficient (Wildman–Crippen LogP) is 3.45. The number of nitrogens with zero attached hydrogens (tertiary/aromatic N) is 3. The van der Waals surface area contributed by atoms with Crippen LogP contribution in [0.5, 0.6) is 0 Å². The Balaban J connectivity index is 1.73. The first-order valence-corrected chi connectivity index (χ1v) is 10.8. The molecule has 26 heavy (non-hydrogen) atoms. The molecule has 0 saturated carbocycles. The van der Waals surface area contributed by atoms with Gasteiger partial charge in [-0.05, 0) is 38.0 Å². The fourth-order valence-corrected chi connectivity index (χ4v) is 4.67. The normalized spacial score (nSPS) is 17.0. The number of rotatable bonds is 3. The molecule has 0 unspecified atom stereocenters. The first-order chi connectivity index (χ1) is 12.4. The van der Waals surface area contributed by atoms with Crippen molar-refractivity contribution in [3.8, 4) is 11.3 Å². The van der Waals surface area contributed by atoms with Crippen molar-refractivity contribution in [2.45, 2.75) is 25.7 Å². The molecule has 1 aliphatic rings. The Morgan fingerprint density at radius 3 is 2.54 bits per heavy atom. The van der Waals surface area contributed by atoms with Gasteiger partial charge >= 0.3 is 0 Å². The van der Waals surface area contributed by atoms with Crippen LogP contribution in [0, 0.1) is 6.92 Å². The number of sulfonamides is 1. The van der Waals surface area contributed by atoms with Crippen molar-refractivity contribution in [3.63, 3.8) is 0 Å². The highest BCUT2D eigenvalue weighted by atomic mass is 32.2. The van der Waals surface area contributed by atoms with Gasteiger partial charge in [0.25, 0.3) is 0 Å². The topological polar surface area (TPSA) is 54.7 Å². The lowest BCUT2D eigenvalue weighted by Gasteiger charge is -2.29. The van der Waals surface area contributed by atoms with Gasteiger partial charge in [-0.2, -0.15) is 0 Å². The zero-order chi connectivity index (χ0) is 18.3. The van der Waals surface area contributed by atoms with Gasteiger partial charge in [-0.3, -0.25) is 0 Å². The summed E-state index contributed by atoms with van der Waals surface area (Å²) in [4.78, 5) is 5.01. The molecule has 0 radical (unpaired) electrons. The highest BCUT2D eigenvalue weighted by Crippen LogP contribution is 2.33. The van der Waals surface area contributed by atoms with E-state index in [0.29, 0.717) is 13.1 Å². The molecule has 3 aromatic rings. The lowest BCUT2D eigenvalue weighted by Crippen LogP contribution is -2.37. The molecule has 0 amide bonds. The zero-order valence-electron chi connectivity index (χ0n) is 15.1. The average molecular weight is 369 g/mol. The lowest BCUT2D eigenvalue weighted by atomic mass is 9.97. The van der Waals surface area contributed by atoms with Crippen molar-refractivity contribution in [2.24, 2.45) is 0 Å². The van der Waals surface area contributed by atoms with Gasteiger partial charge in [0.2, 0.25) is 10.0 Å². The molecule has 4 rings (SSSR count). The SMILES string of the molecule is Cc1cccc(-c2nc(C3CCN(S(C)(=O)=O)CC3)n3ccccc23)c1. The summed E-state index contributed by atoms with van der Waals surface area (Å²) in [5, 5.41) is 0. The van der Waals surface area contributed by atoms with E-state index < -0.39 is 10.0 Å². The van der Waals surface area contributed by atoms with E-state index in [9.17, 15) is 8.42 Å². The molecule has 0 atom stereocenters. The van der Waals surface area contributed by atoms with Gasteiger partial charge in [0.15, 0.2) is 0 Å². The number of piperidine rings is 1. The van der Waals surface area contributed by atoms with Crippen molar-refractivity contribution in [1.82, 2.24) is 13.7 Å². The molecule has 1 fully saturated rings. The molecule has 1 aromatic carbocycles. The van der Waals surface area contributed by atoms with Crippen LogP contribution in [0.15, 0.2) is 48.7 Å². The third-order valence-electron chi connectivity index (χ3n) is 5.16. The highest BCUT2D eigenvalue weighted by Gasteiger charge is 2.28. The lowest BCUT2D eigenvalue weighted by molar-refractivity contribution is 0.315. The summed E-state index contributed by atoms with van der Waals surface area (Å²) in [5.74, 6) is 1.30. The van der Waals surface area contributed by atoms with Crippen molar-refractivity contribution in [1.29, 1.82) is 0 Å². The Morgan fingerprint density at radius 2 is 1.85 bits per heavy atom. The van der Waals surface area contributed by atoms with Gasteiger partial charge in [-0.1, -0.05) is 29.8 Å². The zero-order valence-corrected chi connectivity index (χ0v) is 15.9. The van der Waals surface area contributed by atoms with E-state index >= 15 is 0 Å². The van der Waals surface area contributed by atoms with Crippen molar-refractivity contribution < 1.29 is 8.42 Å². The predicted molar refractivity (Wildman–Crippen MR) is 104 cm³/mol. The molecule has 1 aliphatic heterocycles. The molecule has 1 saturated heterocycles. The van der Waals surface area contributed by atoms with Crippen LogP contribution in [0.4, 0.5) is 0 Å². The van der Waals surface area contributed by atoms with Crippen LogP contribution in [0.2, 0.25) is 0 Å². The third-order valence-corrected chi connectivity index (χ3v) is 6.46. The van der Waals surface area contributed by atoms with Gasteiger partial charge in [0.1, 0.15) is 5.82 Å². The first-order valence-electron chi connectivity index (χ1n) is 8.92. The summed E-state index contributed by atoms with van der Waals surface area (Å²) in [6, 6.07) is 14.5. The smallest absolute Gasteiger partial charge is 0.211 e. The molecular weight excluding hydrogens is 346 g/mol. The maximum atomic E-state index is 11.8. The summed E-state index contributed by atoms with van der Waals surface area (Å²) in [6.07, 6.45) is 4.94. The van der Waals surface area contributed by atoms with Gasteiger partial charge in [0.05, 0.1) is 17.5 Å². The van der Waals surface area contributed by atoms with E-state index in [1.807, 2.05) is 12.1 Å². The Labute approximate surface area is 154 Å². The van der Waals surface area contributed by atoms with E-state index in [-0.39, 0.29) is 5.92 Å². The van der Waals surface area contributed by atoms with Crippen LogP contribution >= 0.6 is 0 Å². The number of aryl methyl sites for hydroxylation is 1. The Hall–Kier alpha value is -2.18. The second kappa shape index (κ2) is 6.52. The summed E-state index contributed by atoms with van der Waals surface area (Å²) in [6.45, 7) is 3.21. The van der Waals surface area contributed by atoms with E-state index in [0.717, 1.165) is 35.4 Å². The second-order valence-corrected chi connectivity index (χ2v) is 9.06. The fraction of sp³-hybridized carbons (Fsp3) is 0.350. The van der Waals surface area contributed by atoms with Crippen LogP contribution in [-0.4, -0.2) is 41.5 Å². The maximum absolute atomic E-state index is 11.8. The fourth-order valence-electron chi connectivity index (χ4n) is 3.80. The van der Waals surface area contributed by atoms with Crippen molar-refractivity contribution >= 4 is 15.5 Å². The van der Waals surface area contributed by atoms with E-state index in [4.69, 9.17) is 4.98 Å². The van der Waals surface area contributed by atoms with Gasteiger partial charge < -0.3 is 4.40 Å². The number of pyridine rings is 1. The molecular formula is C20H23N3O2S. The molecule has 0 N–H and O–H groups in total. The van der Waals surface area contributed by atoms with Crippen LogP contribution < -0.4 is 0 Å². The molecule has 2 aromatic heterocycles. The Bertz CT molecular complexity index is 1050. The minimum atomic E-state index is -3.11. The molecule has 0 aliphatic carbocycles. The summed E-state index contributed by atoms with van der Waals surface area (Å²) in [5.41, 5.74) is 4.42.